The summed E-state index contributed by atoms with van der Waals surface area (Å²) < 4.78 is 61.0. The molecule has 18 heteroatoms. The highest BCUT2D eigenvalue weighted by Crippen LogP contribution is 2.45. The van der Waals surface area contributed by atoms with Gasteiger partial charge in [0.15, 0.2) is 6.10 Å². The summed E-state index contributed by atoms with van der Waals surface area (Å²) in [5.41, 5.74) is 0. The van der Waals surface area contributed by atoms with Crippen LogP contribution < -0.4 is 0 Å². The first-order valence-corrected chi connectivity index (χ1v) is 41.1. The van der Waals surface area contributed by atoms with Crippen LogP contribution in [0.2, 0.25) is 0 Å². The van der Waals surface area contributed by atoms with Crippen molar-refractivity contribution in [1.82, 2.24) is 0 Å². The minimum Gasteiger partial charge on any atom is -0.463 e. The van der Waals surface area contributed by atoms with Gasteiger partial charge in [-0.3, -0.25) is 32.5 Å². The molecule has 5 atom stereocenters. The van der Waals surface area contributed by atoms with Crippen molar-refractivity contribution in [3.8, 4) is 0 Å². The average Bonchev–Trinajstić information content (AvgIpc) is 1.07. The highest BCUT2D eigenvalue weighted by Gasteiger charge is 2.29. The first kappa shape index (κ1) is 95.6. The van der Waals surface area contributed by atoms with Gasteiger partial charge in [0.25, 0.3) is 0 Å². The van der Waals surface area contributed by atoms with E-state index in [9.17, 15) is 43.5 Å². The van der Waals surface area contributed by atoms with Crippen LogP contribution in [-0.4, -0.2) is 95.9 Å². The second-order valence-electron chi connectivity index (χ2n) is 24.7. The number of phosphoric ester groups is 2. The zero-order valence-corrected chi connectivity index (χ0v) is 64.0. The first-order valence-electron chi connectivity index (χ1n) is 38.1. The molecule has 0 bridgehead atoms. The fraction of sp³-hybridized carbons (Fsp3) is 0.602. The minimum atomic E-state index is -4.96. The Kier molecular flexibility index (Phi) is 70.4. The molecule has 0 aliphatic heterocycles. The van der Waals surface area contributed by atoms with Crippen molar-refractivity contribution >= 4 is 33.6 Å². The van der Waals surface area contributed by atoms with Gasteiger partial charge in [0.1, 0.15) is 25.4 Å². The molecule has 0 aromatic carbocycles. The van der Waals surface area contributed by atoms with Crippen molar-refractivity contribution < 1.29 is 75.8 Å². The van der Waals surface area contributed by atoms with Crippen molar-refractivity contribution in [2.75, 3.05) is 39.6 Å². The summed E-state index contributed by atoms with van der Waals surface area (Å²) in [6.45, 7) is 2.19. The number of hydrogen-bond acceptors (Lipinski definition) is 14. The lowest BCUT2D eigenvalue weighted by atomic mass is 10.0. The topological polar surface area (TPSA) is 231 Å². The molecule has 0 amide bonds. The van der Waals surface area contributed by atoms with Crippen molar-refractivity contribution in [3.05, 3.63) is 182 Å². The van der Waals surface area contributed by atoms with Crippen LogP contribution in [-0.2, 0) is 55.8 Å². The molecular formula is C83H134O16P2. The summed E-state index contributed by atoms with van der Waals surface area (Å²) in [6, 6.07) is 0. The Balaban J connectivity index is 4.63. The van der Waals surface area contributed by atoms with E-state index in [0.29, 0.717) is 25.7 Å². The monoisotopic (exact) mass is 1450 g/mol. The summed E-state index contributed by atoms with van der Waals surface area (Å²) in [5.74, 6) is -1.72. The number of ether oxygens (including phenoxy) is 3. The summed E-state index contributed by atoms with van der Waals surface area (Å²) in [5, 5.41) is 20.6. The van der Waals surface area contributed by atoms with E-state index in [1.165, 1.54) is 57.8 Å². The second kappa shape index (κ2) is 74.4. The number of hydrogen-bond donors (Lipinski definition) is 4. The number of carbonyl (C=O) groups excluding carboxylic acids is 3. The predicted molar refractivity (Wildman–Crippen MR) is 417 cm³/mol. The Labute approximate surface area is 611 Å². The molecule has 0 radical (unpaired) electrons. The maximum Gasteiger partial charge on any atom is 0.472 e. The molecule has 572 valence electrons. The van der Waals surface area contributed by atoms with E-state index in [1.54, 1.807) is 0 Å². The highest BCUT2D eigenvalue weighted by molar-refractivity contribution is 7.47. The van der Waals surface area contributed by atoms with Gasteiger partial charge < -0.3 is 34.2 Å². The molecule has 101 heavy (non-hydrogen) atoms. The molecule has 4 N–H and O–H groups in total. The third kappa shape index (κ3) is 75.6. The minimum absolute atomic E-state index is 0.0327. The van der Waals surface area contributed by atoms with Gasteiger partial charge in [-0.25, -0.2) is 9.13 Å². The first-order chi connectivity index (χ1) is 49.2. The molecule has 0 aromatic heterocycles. The van der Waals surface area contributed by atoms with Gasteiger partial charge in [0.05, 0.1) is 26.4 Å². The fourth-order valence-electron chi connectivity index (χ4n) is 9.44. The average molecular weight is 1450 g/mol. The zero-order chi connectivity index (χ0) is 73.7. The zero-order valence-electron chi connectivity index (χ0n) is 62.2. The van der Waals surface area contributed by atoms with Gasteiger partial charge in [0, 0.05) is 19.3 Å². The molecule has 0 saturated heterocycles. The molecule has 16 nitrogen and oxygen atoms in total. The smallest absolute Gasteiger partial charge is 0.463 e. The Bertz CT molecular complexity index is 2570. The summed E-state index contributed by atoms with van der Waals surface area (Å²) in [4.78, 5) is 58.5. The van der Waals surface area contributed by atoms with E-state index in [0.717, 1.165) is 141 Å². The van der Waals surface area contributed by atoms with Crippen LogP contribution in [0, 0.1) is 0 Å². The van der Waals surface area contributed by atoms with E-state index < -0.39 is 91.5 Å². The third-order valence-electron chi connectivity index (χ3n) is 15.1. The van der Waals surface area contributed by atoms with Gasteiger partial charge in [-0.1, -0.05) is 287 Å². The number of carbonyl (C=O) groups is 3. The largest absolute Gasteiger partial charge is 0.472 e. The molecule has 0 aliphatic carbocycles. The Hall–Kier alpha value is -5.35. The van der Waals surface area contributed by atoms with Crippen LogP contribution in [0.15, 0.2) is 182 Å². The van der Waals surface area contributed by atoms with Crippen LogP contribution in [0.3, 0.4) is 0 Å². The lowest BCUT2D eigenvalue weighted by Gasteiger charge is -2.21. The van der Waals surface area contributed by atoms with E-state index in [-0.39, 0.29) is 19.3 Å². The molecule has 0 fully saturated rings. The molecule has 0 rings (SSSR count). The molecule has 0 spiro atoms. The molecule has 0 aliphatic rings. The maximum atomic E-state index is 12.9. The van der Waals surface area contributed by atoms with Crippen molar-refractivity contribution in [1.29, 1.82) is 0 Å². The van der Waals surface area contributed by atoms with Crippen LogP contribution in [0.25, 0.3) is 0 Å². The number of phosphoric acid groups is 2. The lowest BCUT2D eigenvalue weighted by Crippen LogP contribution is -2.30. The van der Waals surface area contributed by atoms with E-state index in [2.05, 4.69) is 185 Å². The number of allylic oxidation sites excluding steroid dienone is 30. The van der Waals surface area contributed by atoms with Crippen LogP contribution in [0.5, 0.6) is 0 Å². The van der Waals surface area contributed by atoms with Crippen LogP contribution in [0.1, 0.15) is 265 Å². The lowest BCUT2D eigenvalue weighted by molar-refractivity contribution is -0.161. The molecule has 0 heterocycles. The number of unbranched alkanes of at least 4 members (excludes halogenated alkanes) is 17. The SMILES string of the molecule is CC/C=C\C/C=C\C/C=C\C/C=C\C/C=C\C/C=C\CCC(=O)OCC(COP(=O)(O)OCC(O)COP(=O)(O)OCC(O)COC(=O)CCCCCCCCCCCCCCC/C=C\C/C=C\C/C=C\C/C=C\C/C=C\CC)OC(=O)CCCCCC/C=C\C/C=C\C/C=C\C/C=C\CC. The predicted octanol–water partition coefficient (Wildman–Crippen LogP) is 22.2. The summed E-state index contributed by atoms with van der Waals surface area (Å²) in [6.07, 6.45) is 95.3. The highest BCUT2D eigenvalue weighted by atomic mass is 31.2. The van der Waals surface area contributed by atoms with Gasteiger partial charge >= 0.3 is 33.6 Å². The Morgan fingerprint density at radius 3 is 0.842 bits per heavy atom. The number of rotatable bonds is 70. The quantitative estimate of drug-likeness (QED) is 0.0146. The normalized spacial score (nSPS) is 15.0. The molecule has 0 aromatic rings. The molecular weight excluding hydrogens is 1310 g/mol. The van der Waals surface area contributed by atoms with Crippen LogP contribution in [0.4, 0.5) is 0 Å². The number of aliphatic hydroxyl groups is 2. The van der Waals surface area contributed by atoms with Crippen molar-refractivity contribution in [3.63, 3.8) is 0 Å². The number of aliphatic hydroxyl groups excluding tert-OH is 2. The van der Waals surface area contributed by atoms with Gasteiger partial charge in [-0.05, 0) is 141 Å². The fourth-order valence-corrected chi connectivity index (χ4v) is 11.0. The molecule has 5 unspecified atom stereocenters. The van der Waals surface area contributed by atoms with Gasteiger partial charge in [-0.2, -0.15) is 0 Å². The molecule has 0 saturated carbocycles. The van der Waals surface area contributed by atoms with Gasteiger partial charge in [-0.15, -0.1) is 0 Å². The maximum absolute atomic E-state index is 12.9. The Morgan fingerprint density at radius 2 is 0.515 bits per heavy atom. The summed E-state index contributed by atoms with van der Waals surface area (Å²) >= 11 is 0. The van der Waals surface area contributed by atoms with Crippen molar-refractivity contribution in [2.24, 2.45) is 0 Å². The summed E-state index contributed by atoms with van der Waals surface area (Å²) in [7, 11) is -9.83. The third-order valence-corrected chi connectivity index (χ3v) is 17.0. The Morgan fingerprint density at radius 1 is 0.277 bits per heavy atom. The van der Waals surface area contributed by atoms with Crippen molar-refractivity contribution in [2.45, 2.75) is 283 Å². The second-order valence-corrected chi connectivity index (χ2v) is 27.6. The van der Waals surface area contributed by atoms with Crippen LogP contribution >= 0.6 is 15.6 Å². The van der Waals surface area contributed by atoms with E-state index in [1.807, 2.05) is 18.2 Å². The standard InChI is InChI=1S/C83H134O16P2/c1-4-7-10-13-16-19-22-25-28-31-33-34-35-36-37-38-39-40-41-42-44-47-48-51-54-57-60-63-66-69-81(86)93-72-78(84)73-95-100(89,90)96-74-79(85)75-97-101(91,92)98-77-80(99-83(88)71-68-65-62-59-56-53-50-45-30-27-24-21-18-15-12-9-6-3)76-94-82(87)70-67-64-61-58-55-52-49-46-43-32-29-26-23-20-17-14-11-8-5-2/h7-12,16-21,25-30,33-34,36-37,43,46,50,52-53,55,61,64,78-80,84-85H,4-6,13-15,22-24,31-32,35,38-42,44-45,47-49,51,54,56-60,62-63,65-77H2,1-3H3,(H,89,90)(H,91,92)/b10-7-,11-8-,12-9-,19-16-,20-17-,21-18-,28-25-,29-26-,30-27-,34-33-,37-36-,46-43-,53-50-,55-52-,64-61-. The van der Waals surface area contributed by atoms with Gasteiger partial charge in [0.2, 0.25) is 0 Å². The van der Waals surface area contributed by atoms with E-state index >= 15 is 0 Å². The van der Waals surface area contributed by atoms with E-state index in [4.69, 9.17) is 32.3 Å². The number of esters is 3.